The van der Waals surface area contributed by atoms with E-state index in [4.69, 9.17) is 0 Å². The number of nitrogens with one attached hydrogen (secondary N) is 2. The third-order valence-electron chi connectivity index (χ3n) is 2.97. The highest BCUT2D eigenvalue weighted by molar-refractivity contribution is 5.25. The minimum atomic E-state index is 0.00746. The van der Waals surface area contributed by atoms with Gasteiger partial charge in [-0.3, -0.25) is 4.79 Å². The van der Waals surface area contributed by atoms with Gasteiger partial charge in [-0.25, -0.2) is 0 Å². The van der Waals surface area contributed by atoms with E-state index in [2.05, 4.69) is 22.4 Å². The first-order valence-corrected chi connectivity index (χ1v) is 6.11. The molecule has 3 heteroatoms. The molecule has 0 radical (unpaired) electrons. The number of hydrogen-bond donors (Lipinski definition) is 2. The van der Waals surface area contributed by atoms with E-state index in [-0.39, 0.29) is 5.56 Å². The first-order valence-electron chi connectivity index (χ1n) is 6.11. The molecule has 0 spiro atoms. The molecule has 1 aromatic carbocycles. The van der Waals surface area contributed by atoms with Crippen LogP contribution in [0.1, 0.15) is 22.4 Å². The number of benzene rings is 1. The first kappa shape index (κ1) is 12.6. The molecule has 1 heterocycles. The summed E-state index contributed by atoms with van der Waals surface area (Å²) in [4.78, 5) is 14.6. The van der Waals surface area contributed by atoms with Gasteiger partial charge in [-0.15, -0.1) is 0 Å². The summed E-state index contributed by atoms with van der Waals surface area (Å²) in [5.74, 6) is 0. The Bertz CT molecular complexity index is 573. The number of aromatic amines is 1. The van der Waals surface area contributed by atoms with Gasteiger partial charge in [-0.1, -0.05) is 30.3 Å². The van der Waals surface area contributed by atoms with Crippen LogP contribution in [0.25, 0.3) is 0 Å². The number of pyridine rings is 1. The van der Waals surface area contributed by atoms with Crippen LogP contribution in [0.5, 0.6) is 0 Å². The molecule has 0 unspecified atom stereocenters. The van der Waals surface area contributed by atoms with E-state index in [1.54, 1.807) is 0 Å². The predicted octanol–water partition coefficient (Wildman–Crippen LogP) is 2.28. The second-order valence-electron chi connectivity index (χ2n) is 4.53. The van der Waals surface area contributed by atoms with Crippen LogP contribution in [0.4, 0.5) is 0 Å². The van der Waals surface area contributed by atoms with Crippen molar-refractivity contribution in [3.63, 3.8) is 0 Å². The smallest absolute Gasteiger partial charge is 0.252 e. The van der Waals surface area contributed by atoms with Gasteiger partial charge < -0.3 is 10.3 Å². The average Bonchev–Trinajstić information content (AvgIpc) is 2.34. The number of rotatable bonds is 4. The molecule has 0 atom stereocenters. The number of aromatic nitrogens is 1. The van der Waals surface area contributed by atoms with E-state index in [1.165, 1.54) is 5.56 Å². The molecule has 0 fully saturated rings. The lowest BCUT2D eigenvalue weighted by Gasteiger charge is -2.08. The SMILES string of the molecule is Cc1cc(C)c(CNCc2ccccc2)c(=O)[nH]1. The molecule has 0 aliphatic heterocycles. The fourth-order valence-electron chi connectivity index (χ4n) is 2.03. The Morgan fingerprint density at radius 1 is 1.11 bits per heavy atom. The van der Waals surface area contributed by atoms with Gasteiger partial charge in [0.1, 0.15) is 0 Å². The van der Waals surface area contributed by atoms with Crippen molar-refractivity contribution < 1.29 is 0 Å². The standard InChI is InChI=1S/C15H18N2O/c1-11-8-12(2)17-15(18)14(11)10-16-9-13-6-4-3-5-7-13/h3-8,16H,9-10H2,1-2H3,(H,17,18). The van der Waals surface area contributed by atoms with Gasteiger partial charge in [0, 0.05) is 24.3 Å². The van der Waals surface area contributed by atoms with Crippen LogP contribution in [0.15, 0.2) is 41.2 Å². The first-order chi connectivity index (χ1) is 8.66. The van der Waals surface area contributed by atoms with Crippen LogP contribution in [-0.4, -0.2) is 4.98 Å². The molecular formula is C15H18N2O. The zero-order valence-electron chi connectivity index (χ0n) is 10.8. The van der Waals surface area contributed by atoms with Gasteiger partial charge in [0.05, 0.1) is 0 Å². The van der Waals surface area contributed by atoms with E-state index in [9.17, 15) is 4.79 Å². The van der Waals surface area contributed by atoms with E-state index in [0.29, 0.717) is 6.54 Å². The largest absolute Gasteiger partial charge is 0.326 e. The topological polar surface area (TPSA) is 44.9 Å². The fraction of sp³-hybridized carbons (Fsp3) is 0.267. The highest BCUT2D eigenvalue weighted by atomic mass is 16.1. The van der Waals surface area contributed by atoms with Crippen LogP contribution in [0.2, 0.25) is 0 Å². The maximum atomic E-state index is 11.8. The summed E-state index contributed by atoms with van der Waals surface area (Å²) in [5, 5.41) is 3.30. The molecule has 0 amide bonds. The van der Waals surface area contributed by atoms with Crippen molar-refractivity contribution in [2.75, 3.05) is 0 Å². The van der Waals surface area contributed by atoms with Gasteiger partial charge in [0.15, 0.2) is 0 Å². The van der Waals surface area contributed by atoms with Crippen molar-refractivity contribution in [1.29, 1.82) is 0 Å². The molecule has 2 rings (SSSR count). The van der Waals surface area contributed by atoms with Crippen molar-refractivity contribution >= 4 is 0 Å². The van der Waals surface area contributed by atoms with Crippen LogP contribution in [0, 0.1) is 13.8 Å². The molecule has 0 bridgehead atoms. The molecule has 2 aromatic rings. The van der Waals surface area contributed by atoms with Crippen LogP contribution < -0.4 is 10.9 Å². The summed E-state index contributed by atoms with van der Waals surface area (Å²) >= 11 is 0. The average molecular weight is 242 g/mol. The minimum absolute atomic E-state index is 0.00746. The Balaban J connectivity index is 2.01. The lowest BCUT2D eigenvalue weighted by molar-refractivity contribution is 0.683. The third-order valence-corrected chi connectivity index (χ3v) is 2.97. The van der Waals surface area contributed by atoms with E-state index >= 15 is 0 Å². The summed E-state index contributed by atoms with van der Waals surface area (Å²) in [6, 6.07) is 12.2. The van der Waals surface area contributed by atoms with Gasteiger partial charge in [0.25, 0.3) is 5.56 Å². The minimum Gasteiger partial charge on any atom is -0.326 e. The molecule has 2 N–H and O–H groups in total. The molecule has 94 valence electrons. The Hall–Kier alpha value is -1.87. The zero-order chi connectivity index (χ0) is 13.0. The quantitative estimate of drug-likeness (QED) is 0.864. The summed E-state index contributed by atoms with van der Waals surface area (Å²) in [5.41, 5.74) is 3.99. The van der Waals surface area contributed by atoms with E-state index < -0.39 is 0 Å². The predicted molar refractivity (Wildman–Crippen MR) is 73.5 cm³/mol. The summed E-state index contributed by atoms with van der Waals surface area (Å²) < 4.78 is 0. The second-order valence-corrected chi connectivity index (χ2v) is 4.53. The number of hydrogen-bond acceptors (Lipinski definition) is 2. The van der Waals surface area contributed by atoms with Crippen molar-refractivity contribution in [2.24, 2.45) is 0 Å². The number of H-pyrrole nitrogens is 1. The maximum absolute atomic E-state index is 11.8. The Morgan fingerprint density at radius 2 is 1.83 bits per heavy atom. The second kappa shape index (κ2) is 5.65. The van der Waals surface area contributed by atoms with Crippen molar-refractivity contribution in [1.82, 2.24) is 10.3 Å². The molecular weight excluding hydrogens is 224 g/mol. The third kappa shape index (κ3) is 3.08. The Labute approximate surface area is 107 Å². The van der Waals surface area contributed by atoms with Gasteiger partial charge >= 0.3 is 0 Å². The molecule has 0 saturated heterocycles. The van der Waals surface area contributed by atoms with E-state index in [0.717, 1.165) is 23.4 Å². The Kier molecular flexibility index (Phi) is 3.95. The van der Waals surface area contributed by atoms with Crippen LogP contribution in [-0.2, 0) is 13.1 Å². The maximum Gasteiger partial charge on any atom is 0.252 e. The van der Waals surface area contributed by atoms with Crippen LogP contribution in [0.3, 0.4) is 0 Å². The fourth-order valence-corrected chi connectivity index (χ4v) is 2.03. The molecule has 0 aliphatic carbocycles. The van der Waals surface area contributed by atoms with Crippen molar-refractivity contribution in [2.45, 2.75) is 26.9 Å². The lowest BCUT2D eigenvalue weighted by Crippen LogP contribution is -2.22. The number of aryl methyl sites for hydroxylation is 2. The summed E-state index contributed by atoms with van der Waals surface area (Å²) in [6.45, 7) is 5.24. The molecule has 0 aliphatic rings. The molecule has 1 aromatic heterocycles. The van der Waals surface area contributed by atoms with Crippen molar-refractivity contribution in [3.8, 4) is 0 Å². The van der Waals surface area contributed by atoms with E-state index in [1.807, 2.05) is 38.1 Å². The molecule has 18 heavy (non-hydrogen) atoms. The van der Waals surface area contributed by atoms with Crippen molar-refractivity contribution in [3.05, 3.63) is 69.1 Å². The van der Waals surface area contributed by atoms with Gasteiger partial charge in [0.2, 0.25) is 0 Å². The zero-order valence-corrected chi connectivity index (χ0v) is 10.8. The van der Waals surface area contributed by atoms with Gasteiger partial charge in [-0.2, -0.15) is 0 Å². The lowest BCUT2D eigenvalue weighted by atomic mass is 10.1. The Morgan fingerprint density at radius 3 is 2.50 bits per heavy atom. The summed E-state index contributed by atoms with van der Waals surface area (Å²) in [7, 11) is 0. The summed E-state index contributed by atoms with van der Waals surface area (Å²) in [6.07, 6.45) is 0. The van der Waals surface area contributed by atoms with Gasteiger partial charge in [-0.05, 0) is 31.0 Å². The monoisotopic (exact) mass is 242 g/mol. The highest BCUT2D eigenvalue weighted by Crippen LogP contribution is 2.04. The molecule has 3 nitrogen and oxygen atoms in total. The highest BCUT2D eigenvalue weighted by Gasteiger charge is 2.04. The van der Waals surface area contributed by atoms with Crippen LogP contribution >= 0.6 is 0 Å². The molecule has 0 saturated carbocycles. The normalized spacial score (nSPS) is 10.6.